The molecule has 1 aliphatic heterocycles. The number of nitro groups is 1. The van der Waals surface area contributed by atoms with Crippen LogP contribution < -0.4 is 10.2 Å². The van der Waals surface area contributed by atoms with Gasteiger partial charge in [0.15, 0.2) is 0 Å². The maximum Gasteiger partial charge on any atom is 0.282 e. The summed E-state index contributed by atoms with van der Waals surface area (Å²) in [7, 11) is 0. The van der Waals surface area contributed by atoms with Crippen molar-refractivity contribution in [2.24, 2.45) is 0 Å². The van der Waals surface area contributed by atoms with E-state index < -0.39 is 10.8 Å². The largest absolute Gasteiger partial charge is 0.368 e. The first kappa shape index (κ1) is 18.4. The van der Waals surface area contributed by atoms with Gasteiger partial charge in [-0.2, -0.15) is 0 Å². The number of para-hydroxylation sites is 2. The predicted octanol–water partition coefficient (Wildman–Crippen LogP) is 1.67. The molecule has 0 atom stereocenters. The van der Waals surface area contributed by atoms with E-state index in [1.165, 1.54) is 18.2 Å². The molecule has 0 unspecified atom stereocenters. The van der Waals surface area contributed by atoms with E-state index in [0.29, 0.717) is 26.2 Å². The van der Waals surface area contributed by atoms with Crippen molar-refractivity contribution >= 4 is 23.2 Å². The number of nitrogens with zero attached hydrogens (tertiary/aromatic N) is 3. The Labute approximate surface area is 156 Å². The summed E-state index contributed by atoms with van der Waals surface area (Å²) in [5.74, 6) is -0.826. The fourth-order valence-electron chi connectivity index (χ4n) is 3.04. The van der Waals surface area contributed by atoms with Crippen LogP contribution in [0.5, 0.6) is 0 Å². The molecular weight excluding hydrogens is 348 g/mol. The highest BCUT2D eigenvalue weighted by Gasteiger charge is 2.23. The Balaban J connectivity index is 1.52. The number of nitrogens with one attached hydrogen (secondary N) is 1. The average molecular weight is 368 g/mol. The molecule has 1 saturated heterocycles. The third kappa shape index (κ3) is 4.41. The van der Waals surface area contributed by atoms with E-state index in [1.54, 1.807) is 11.0 Å². The molecule has 1 fully saturated rings. The zero-order valence-corrected chi connectivity index (χ0v) is 14.7. The standard InChI is InChI=1S/C19H20N4O4/c24-18(14-20-19(25)16-8-4-5-9-17(16)23(26)27)22-12-10-21(11-13-22)15-6-2-1-3-7-15/h1-9H,10-14H2,(H,20,25). The molecule has 0 radical (unpaired) electrons. The van der Waals surface area contributed by atoms with E-state index in [-0.39, 0.29) is 23.7 Å². The highest BCUT2D eigenvalue weighted by atomic mass is 16.6. The number of carbonyl (C=O) groups excluding carboxylic acids is 2. The lowest BCUT2D eigenvalue weighted by molar-refractivity contribution is -0.385. The molecule has 0 spiro atoms. The summed E-state index contributed by atoms with van der Waals surface area (Å²) in [6.07, 6.45) is 0. The summed E-state index contributed by atoms with van der Waals surface area (Å²) in [5, 5.41) is 13.5. The van der Waals surface area contributed by atoms with Crippen molar-refractivity contribution in [1.82, 2.24) is 10.2 Å². The van der Waals surface area contributed by atoms with Crippen molar-refractivity contribution in [2.75, 3.05) is 37.6 Å². The fourth-order valence-corrected chi connectivity index (χ4v) is 3.04. The lowest BCUT2D eigenvalue weighted by Crippen LogP contribution is -2.51. The van der Waals surface area contributed by atoms with E-state index >= 15 is 0 Å². The molecule has 2 aromatic rings. The van der Waals surface area contributed by atoms with Gasteiger partial charge in [0, 0.05) is 37.9 Å². The summed E-state index contributed by atoms with van der Waals surface area (Å²) in [6, 6.07) is 15.7. The summed E-state index contributed by atoms with van der Waals surface area (Å²) >= 11 is 0. The summed E-state index contributed by atoms with van der Waals surface area (Å²) in [4.78, 5) is 38.8. The van der Waals surface area contributed by atoms with Crippen LogP contribution in [0.2, 0.25) is 0 Å². The van der Waals surface area contributed by atoms with Gasteiger partial charge in [0.2, 0.25) is 5.91 Å². The number of piperazine rings is 1. The number of hydrogen-bond donors (Lipinski definition) is 1. The Bertz CT molecular complexity index is 833. The quantitative estimate of drug-likeness (QED) is 0.640. The smallest absolute Gasteiger partial charge is 0.282 e. The van der Waals surface area contributed by atoms with Crippen molar-refractivity contribution in [2.45, 2.75) is 0 Å². The van der Waals surface area contributed by atoms with Crippen LogP contribution in [0.1, 0.15) is 10.4 Å². The lowest BCUT2D eigenvalue weighted by Gasteiger charge is -2.36. The number of carbonyl (C=O) groups is 2. The van der Waals surface area contributed by atoms with Crippen molar-refractivity contribution < 1.29 is 14.5 Å². The molecular formula is C19H20N4O4. The van der Waals surface area contributed by atoms with Crippen LogP contribution in [0.25, 0.3) is 0 Å². The zero-order valence-electron chi connectivity index (χ0n) is 14.7. The number of rotatable bonds is 5. The van der Waals surface area contributed by atoms with Gasteiger partial charge in [0.25, 0.3) is 11.6 Å². The molecule has 8 heteroatoms. The number of nitro benzene ring substituents is 1. The van der Waals surface area contributed by atoms with Crippen LogP contribution in [0.15, 0.2) is 54.6 Å². The van der Waals surface area contributed by atoms with Gasteiger partial charge in [-0.25, -0.2) is 0 Å². The van der Waals surface area contributed by atoms with Crippen LogP contribution in [-0.2, 0) is 4.79 Å². The first-order valence-electron chi connectivity index (χ1n) is 8.65. The molecule has 8 nitrogen and oxygen atoms in total. The van der Waals surface area contributed by atoms with Gasteiger partial charge in [-0.1, -0.05) is 30.3 Å². The van der Waals surface area contributed by atoms with Crippen molar-refractivity contribution in [3.63, 3.8) is 0 Å². The molecule has 0 aromatic heterocycles. The van der Waals surface area contributed by atoms with E-state index in [9.17, 15) is 19.7 Å². The molecule has 0 bridgehead atoms. The zero-order chi connectivity index (χ0) is 19.2. The van der Waals surface area contributed by atoms with E-state index in [0.717, 1.165) is 5.69 Å². The third-order valence-electron chi connectivity index (χ3n) is 4.50. The van der Waals surface area contributed by atoms with Gasteiger partial charge in [-0.05, 0) is 18.2 Å². The highest BCUT2D eigenvalue weighted by Crippen LogP contribution is 2.17. The van der Waals surface area contributed by atoms with Gasteiger partial charge in [-0.15, -0.1) is 0 Å². The molecule has 1 N–H and O–H groups in total. The van der Waals surface area contributed by atoms with Crippen LogP contribution >= 0.6 is 0 Å². The third-order valence-corrected chi connectivity index (χ3v) is 4.50. The highest BCUT2D eigenvalue weighted by molar-refractivity contribution is 5.99. The minimum atomic E-state index is -0.626. The Hall–Kier alpha value is -3.42. The second-order valence-electron chi connectivity index (χ2n) is 6.16. The first-order chi connectivity index (χ1) is 13.1. The molecule has 2 amide bonds. The van der Waals surface area contributed by atoms with Crippen LogP contribution in [-0.4, -0.2) is 54.4 Å². The molecule has 0 saturated carbocycles. The van der Waals surface area contributed by atoms with E-state index in [4.69, 9.17) is 0 Å². The maximum atomic E-state index is 12.4. The molecule has 3 rings (SSSR count). The molecule has 1 aliphatic rings. The lowest BCUT2D eigenvalue weighted by atomic mass is 10.1. The van der Waals surface area contributed by atoms with Gasteiger partial charge < -0.3 is 15.1 Å². The van der Waals surface area contributed by atoms with Crippen LogP contribution in [0.4, 0.5) is 11.4 Å². The maximum absolute atomic E-state index is 12.4. The topological polar surface area (TPSA) is 95.8 Å². The molecule has 140 valence electrons. The van der Waals surface area contributed by atoms with Gasteiger partial charge in [0.1, 0.15) is 5.56 Å². The number of anilines is 1. The van der Waals surface area contributed by atoms with Gasteiger partial charge >= 0.3 is 0 Å². The second kappa shape index (κ2) is 8.31. The molecule has 27 heavy (non-hydrogen) atoms. The second-order valence-corrected chi connectivity index (χ2v) is 6.16. The average Bonchev–Trinajstić information content (AvgIpc) is 2.72. The summed E-state index contributed by atoms with van der Waals surface area (Å²) in [5.41, 5.74) is 0.789. The van der Waals surface area contributed by atoms with Gasteiger partial charge in [-0.3, -0.25) is 19.7 Å². The predicted molar refractivity (Wildman–Crippen MR) is 101 cm³/mol. The minimum Gasteiger partial charge on any atom is -0.368 e. The van der Waals surface area contributed by atoms with E-state index in [2.05, 4.69) is 10.2 Å². The number of benzene rings is 2. The number of amides is 2. The number of hydrogen-bond acceptors (Lipinski definition) is 5. The Morgan fingerprint density at radius 3 is 2.26 bits per heavy atom. The van der Waals surface area contributed by atoms with Crippen molar-refractivity contribution in [3.05, 3.63) is 70.3 Å². The normalized spacial score (nSPS) is 13.9. The SMILES string of the molecule is O=C(NCC(=O)N1CCN(c2ccccc2)CC1)c1ccccc1[N+](=O)[O-]. The van der Waals surface area contributed by atoms with Gasteiger partial charge in [0.05, 0.1) is 11.5 Å². The summed E-state index contributed by atoms with van der Waals surface area (Å²) in [6.45, 7) is 2.38. The Morgan fingerprint density at radius 1 is 0.963 bits per heavy atom. The monoisotopic (exact) mass is 368 g/mol. The van der Waals surface area contributed by atoms with Crippen LogP contribution in [0, 0.1) is 10.1 Å². The fraction of sp³-hybridized carbons (Fsp3) is 0.263. The molecule has 2 aromatic carbocycles. The first-order valence-corrected chi connectivity index (χ1v) is 8.65. The van der Waals surface area contributed by atoms with Crippen molar-refractivity contribution in [1.29, 1.82) is 0 Å². The van der Waals surface area contributed by atoms with Crippen molar-refractivity contribution in [3.8, 4) is 0 Å². The Morgan fingerprint density at radius 2 is 1.59 bits per heavy atom. The molecule has 1 heterocycles. The molecule has 0 aliphatic carbocycles. The Kier molecular flexibility index (Phi) is 5.65. The minimum absolute atomic E-state index is 0.0517. The van der Waals surface area contributed by atoms with Crippen LogP contribution in [0.3, 0.4) is 0 Å². The van der Waals surface area contributed by atoms with E-state index in [1.807, 2.05) is 30.3 Å². The summed E-state index contributed by atoms with van der Waals surface area (Å²) < 4.78 is 0.